The topological polar surface area (TPSA) is 93.9 Å². The van der Waals surface area contributed by atoms with Crippen LogP contribution < -0.4 is 10.5 Å². The van der Waals surface area contributed by atoms with Gasteiger partial charge in [-0.15, -0.1) is 0 Å². The Hall–Kier alpha value is -5.04. The summed E-state index contributed by atoms with van der Waals surface area (Å²) in [5.74, 6) is -1.55. The number of hydrogen-bond acceptors (Lipinski definition) is 6. The van der Waals surface area contributed by atoms with Gasteiger partial charge in [0.2, 0.25) is 0 Å². The molecule has 0 atom stereocenters. The zero-order valence-electron chi connectivity index (χ0n) is 18.8. The van der Waals surface area contributed by atoms with Crippen molar-refractivity contribution in [2.24, 2.45) is 0 Å². The van der Waals surface area contributed by atoms with E-state index in [1.165, 1.54) is 18.2 Å². The molecule has 0 saturated heterocycles. The molecule has 0 saturated carbocycles. The van der Waals surface area contributed by atoms with Gasteiger partial charge in [-0.3, -0.25) is 9.59 Å². The number of anilines is 1. The molecular weight excluding hydrogens is 458 g/mol. The molecule has 0 fully saturated rings. The van der Waals surface area contributed by atoms with Gasteiger partial charge in [0.1, 0.15) is 12.2 Å². The third-order valence-electron chi connectivity index (χ3n) is 6.21. The summed E-state index contributed by atoms with van der Waals surface area (Å²) >= 11 is 0. The van der Waals surface area contributed by atoms with Gasteiger partial charge < -0.3 is 9.15 Å². The molecule has 36 heavy (non-hydrogen) atoms. The Kier molecular flexibility index (Phi) is 4.97. The fourth-order valence-electron chi connectivity index (χ4n) is 4.56. The molecule has 0 unspecified atom stereocenters. The molecule has 0 spiro atoms. The van der Waals surface area contributed by atoms with E-state index in [9.17, 15) is 19.2 Å². The zero-order chi connectivity index (χ0) is 24.8. The van der Waals surface area contributed by atoms with Crippen LogP contribution in [-0.4, -0.2) is 17.8 Å². The largest absolute Gasteiger partial charge is 0.457 e. The average molecular weight is 475 g/mol. The zero-order valence-corrected chi connectivity index (χ0v) is 18.8. The Labute approximate surface area is 204 Å². The predicted octanol–water partition coefficient (Wildman–Crippen LogP) is 5.10. The van der Waals surface area contributed by atoms with E-state index in [2.05, 4.69) is 0 Å². The molecule has 6 rings (SSSR count). The smallest absolute Gasteiger partial charge is 0.338 e. The highest BCUT2D eigenvalue weighted by Gasteiger charge is 2.36. The van der Waals surface area contributed by atoms with Gasteiger partial charge in [0.15, 0.2) is 0 Å². The second kappa shape index (κ2) is 8.32. The summed E-state index contributed by atoms with van der Waals surface area (Å²) in [4.78, 5) is 51.7. The van der Waals surface area contributed by atoms with Crippen LogP contribution in [0, 0.1) is 0 Å². The number of benzene rings is 4. The Morgan fingerprint density at radius 2 is 1.50 bits per heavy atom. The van der Waals surface area contributed by atoms with Gasteiger partial charge in [-0.05, 0) is 47.2 Å². The van der Waals surface area contributed by atoms with Crippen molar-refractivity contribution in [2.45, 2.75) is 6.61 Å². The molecule has 4 aromatic carbocycles. The molecule has 174 valence electrons. The summed E-state index contributed by atoms with van der Waals surface area (Å²) < 4.78 is 10.9. The lowest BCUT2D eigenvalue weighted by atomic mass is 10.0. The van der Waals surface area contributed by atoms with Crippen molar-refractivity contribution in [3.63, 3.8) is 0 Å². The van der Waals surface area contributed by atoms with Crippen molar-refractivity contribution in [3.8, 4) is 0 Å². The van der Waals surface area contributed by atoms with Gasteiger partial charge in [-0.1, -0.05) is 48.5 Å². The van der Waals surface area contributed by atoms with E-state index < -0.39 is 23.4 Å². The lowest BCUT2D eigenvalue weighted by Crippen LogP contribution is -2.29. The van der Waals surface area contributed by atoms with E-state index >= 15 is 0 Å². The van der Waals surface area contributed by atoms with Crippen LogP contribution in [-0.2, 0) is 11.3 Å². The van der Waals surface area contributed by atoms with E-state index in [1.54, 1.807) is 42.5 Å². The molecule has 1 aromatic heterocycles. The summed E-state index contributed by atoms with van der Waals surface area (Å²) in [5.41, 5.74) is 1.45. The maximum atomic E-state index is 12.9. The third kappa shape index (κ3) is 3.45. The van der Waals surface area contributed by atoms with Gasteiger partial charge in [-0.25, -0.2) is 14.5 Å². The van der Waals surface area contributed by atoms with Crippen LogP contribution in [0.25, 0.3) is 21.7 Å². The van der Waals surface area contributed by atoms with Crippen LogP contribution in [0.4, 0.5) is 5.69 Å². The molecule has 2 heterocycles. The second-order valence-corrected chi connectivity index (χ2v) is 8.37. The first-order valence-electron chi connectivity index (χ1n) is 11.2. The second-order valence-electron chi connectivity index (χ2n) is 8.37. The van der Waals surface area contributed by atoms with Crippen LogP contribution in [0.1, 0.15) is 36.6 Å². The molecule has 7 nitrogen and oxygen atoms in total. The quantitative estimate of drug-likeness (QED) is 0.155. The highest BCUT2D eigenvalue weighted by molar-refractivity contribution is 6.34. The first-order valence-corrected chi connectivity index (χ1v) is 11.2. The maximum absolute atomic E-state index is 12.9. The number of rotatable bonds is 4. The summed E-state index contributed by atoms with van der Waals surface area (Å²) in [6.07, 6.45) is 0. The standard InChI is InChI=1S/C29H17NO6/c31-25-15-19(26-21-9-2-1-6-17(21)12-13-24(26)36-25)16-35-29(34)18-7-5-8-20(14-18)30-27(32)22-10-3-4-11-23(22)28(30)33/h1-15H,16H2. The highest BCUT2D eigenvalue weighted by atomic mass is 16.5. The number of fused-ring (bicyclic) bond motifs is 4. The van der Waals surface area contributed by atoms with Gasteiger partial charge >= 0.3 is 11.6 Å². The number of imide groups is 1. The highest BCUT2D eigenvalue weighted by Crippen LogP contribution is 2.30. The first kappa shape index (κ1) is 21.5. The molecular formula is C29H17NO6. The maximum Gasteiger partial charge on any atom is 0.338 e. The summed E-state index contributed by atoms with van der Waals surface area (Å²) in [6, 6.07) is 25.3. The van der Waals surface area contributed by atoms with Gasteiger partial charge in [0.05, 0.1) is 22.4 Å². The minimum Gasteiger partial charge on any atom is -0.457 e. The van der Waals surface area contributed by atoms with Crippen molar-refractivity contribution >= 4 is 45.2 Å². The van der Waals surface area contributed by atoms with Crippen LogP contribution in [0.3, 0.4) is 0 Å². The Morgan fingerprint density at radius 1 is 0.778 bits per heavy atom. The van der Waals surface area contributed by atoms with Crippen LogP contribution >= 0.6 is 0 Å². The minimum atomic E-state index is -0.657. The molecule has 2 amide bonds. The lowest BCUT2D eigenvalue weighted by Gasteiger charge is -2.15. The number of esters is 1. The fourth-order valence-corrected chi connectivity index (χ4v) is 4.56. The number of carbonyl (C=O) groups is 3. The van der Waals surface area contributed by atoms with E-state index in [0.717, 1.165) is 15.7 Å². The van der Waals surface area contributed by atoms with Gasteiger partial charge in [-0.2, -0.15) is 0 Å². The van der Waals surface area contributed by atoms with E-state index in [4.69, 9.17) is 9.15 Å². The van der Waals surface area contributed by atoms with Crippen molar-refractivity contribution < 1.29 is 23.5 Å². The van der Waals surface area contributed by atoms with Gasteiger partial charge in [0, 0.05) is 17.0 Å². The van der Waals surface area contributed by atoms with Crippen LogP contribution in [0.5, 0.6) is 0 Å². The molecule has 0 bridgehead atoms. The molecule has 1 aliphatic heterocycles. The Morgan fingerprint density at radius 3 is 2.28 bits per heavy atom. The first-order chi connectivity index (χ1) is 17.5. The number of amides is 2. The summed E-state index contributed by atoms with van der Waals surface area (Å²) in [7, 11) is 0. The molecule has 0 N–H and O–H groups in total. The Bertz CT molecular complexity index is 1750. The van der Waals surface area contributed by atoms with E-state index in [-0.39, 0.29) is 17.9 Å². The van der Waals surface area contributed by atoms with Crippen LogP contribution in [0.2, 0.25) is 0 Å². The fraction of sp³-hybridized carbons (Fsp3) is 0.0345. The lowest BCUT2D eigenvalue weighted by molar-refractivity contribution is 0.0473. The van der Waals surface area contributed by atoms with E-state index in [0.29, 0.717) is 27.7 Å². The van der Waals surface area contributed by atoms with Crippen molar-refractivity contribution in [3.05, 3.63) is 124 Å². The minimum absolute atomic E-state index is 0.161. The normalized spacial score (nSPS) is 12.8. The van der Waals surface area contributed by atoms with Crippen LogP contribution in [0.15, 0.2) is 100 Å². The van der Waals surface area contributed by atoms with Crippen molar-refractivity contribution in [2.75, 3.05) is 4.90 Å². The van der Waals surface area contributed by atoms with Crippen molar-refractivity contribution in [1.29, 1.82) is 0 Å². The number of hydrogen-bond donors (Lipinski definition) is 0. The summed E-state index contributed by atoms with van der Waals surface area (Å²) in [5, 5.41) is 2.53. The number of ether oxygens (including phenoxy) is 1. The molecule has 0 aliphatic carbocycles. The summed E-state index contributed by atoms with van der Waals surface area (Å²) in [6.45, 7) is -0.161. The van der Waals surface area contributed by atoms with E-state index in [1.807, 2.05) is 30.3 Å². The molecule has 0 radical (unpaired) electrons. The van der Waals surface area contributed by atoms with Crippen molar-refractivity contribution in [1.82, 2.24) is 0 Å². The number of carbonyl (C=O) groups excluding carboxylic acids is 3. The monoisotopic (exact) mass is 475 g/mol. The molecule has 7 heteroatoms. The van der Waals surface area contributed by atoms with Gasteiger partial charge in [0.25, 0.3) is 11.8 Å². The third-order valence-corrected chi connectivity index (χ3v) is 6.21. The predicted molar refractivity (Wildman–Crippen MR) is 133 cm³/mol. The molecule has 5 aromatic rings. The number of nitrogens with zero attached hydrogens (tertiary/aromatic N) is 1. The SMILES string of the molecule is O=C(OCc1cc(=O)oc2ccc3ccccc3c12)c1cccc(N2C(=O)c3ccccc3C2=O)c1. The average Bonchev–Trinajstić information content (AvgIpc) is 3.16. The Balaban J connectivity index is 1.30. The molecule has 1 aliphatic rings.